The SMILES string of the molecule is CN(C(=O)CCCCc1cccc2c1C(=O)N(C1CCC(=O)NC1=O)C2=O)C1CCN(C(=O)OC(C)(C)C)CC1. The maximum atomic E-state index is 13.2. The molecule has 1 aromatic carbocycles. The summed E-state index contributed by atoms with van der Waals surface area (Å²) in [7, 11) is 1.80. The monoisotopic (exact) mass is 554 g/mol. The number of hydrogen-bond acceptors (Lipinski definition) is 7. The summed E-state index contributed by atoms with van der Waals surface area (Å²) in [5, 5.41) is 2.21. The van der Waals surface area contributed by atoms with Gasteiger partial charge in [0.2, 0.25) is 17.7 Å². The third-order valence-electron chi connectivity index (χ3n) is 7.70. The van der Waals surface area contributed by atoms with Crippen molar-refractivity contribution in [3.8, 4) is 0 Å². The predicted molar refractivity (Wildman–Crippen MR) is 144 cm³/mol. The van der Waals surface area contributed by atoms with Gasteiger partial charge in [-0.1, -0.05) is 12.1 Å². The van der Waals surface area contributed by atoms with E-state index in [4.69, 9.17) is 4.74 Å². The lowest BCUT2D eigenvalue weighted by molar-refractivity contribution is -0.136. The van der Waals surface area contributed by atoms with Crippen molar-refractivity contribution in [3.05, 3.63) is 34.9 Å². The molecule has 11 heteroatoms. The summed E-state index contributed by atoms with van der Waals surface area (Å²) >= 11 is 0. The van der Waals surface area contributed by atoms with Gasteiger partial charge < -0.3 is 14.5 Å². The molecule has 6 amide bonds. The Kier molecular flexibility index (Phi) is 8.60. The van der Waals surface area contributed by atoms with E-state index in [0.29, 0.717) is 62.7 Å². The van der Waals surface area contributed by atoms with Crippen molar-refractivity contribution >= 4 is 35.6 Å². The molecule has 216 valence electrons. The third kappa shape index (κ3) is 6.34. The number of amides is 6. The second-order valence-electron chi connectivity index (χ2n) is 11.7. The lowest BCUT2D eigenvalue weighted by Crippen LogP contribution is -2.54. The fourth-order valence-corrected chi connectivity index (χ4v) is 5.53. The van der Waals surface area contributed by atoms with Crippen molar-refractivity contribution in [2.75, 3.05) is 20.1 Å². The van der Waals surface area contributed by atoms with Gasteiger partial charge in [-0.05, 0) is 70.9 Å². The summed E-state index contributed by atoms with van der Waals surface area (Å²) in [5.74, 6) is -2.05. The number of carbonyl (C=O) groups is 6. The van der Waals surface area contributed by atoms with E-state index in [1.807, 2.05) is 20.8 Å². The fourth-order valence-electron chi connectivity index (χ4n) is 5.53. The number of hydrogen-bond donors (Lipinski definition) is 1. The Labute approximate surface area is 234 Å². The number of ether oxygens (including phenoxy) is 1. The Morgan fingerprint density at radius 1 is 1.02 bits per heavy atom. The van der Waals surface area contributed by atoms with E-state index >= 15 is 0 Å². The van der Waals surface area contributed by atoms with Crippen molar-refractivity contribution in [2.45, 2.75) is 89.8 Å². The van der Waals surface area contributed by atoms with Crippen LogP contribution in [0, 0.1) is 0 Å². The lowest BCUT2D eigenvalue weighted by atomic mass is 9.97. The first-order valence-electron chi connectivity index (χ1n) is 13.9. The highest BCUT2D eigenvalue weighted by Gasteiger charge is 2.45. The number of carbonyl (C=O) groups excluding carboxylic acids is 6. The minimum Gasteiger partial charge on any atom is -0.444 e. The summed E-state index contributed by atoms with van der Waals surface area (Å²) in [6, 6.07) is 4.16. The van der Waals surface area contributed by atoms with Gasteiger partial charge in [-0.3, -0.25) is 34.2 Å². The predicted octanol–water partition coefficient (Wildman–Crippen LogP) is 2.66. The van der Waals surface area contributed by atoms with E-state index in [0.717, 1.165) is 4.90 Å². The van der Waals surface area contributed by atoms with Gasteiger partial charge in [-0.15, -0.1) is 0 Å². The van der Waals surface area contributed by atoms with Crippen molar-refractivity contribution in [3.63, 3.8) is 0 Å². The van der Waals surface area contributed by atoms with Gasteiger partial charge in [0.25, 0.3) is 11.8 Å². The average Bonchev–Trinajstić information content (AvgIpc) is 3.15. The summed E-state index contributed by atoms with van der Waals surface area (Å²) in [6.45, 7) is 6.59. The number of nitrogens with zero attached hydrogens (tertiary/aromatic N) is 3. The molecule has 40 heavy (non-hydrogen) atoms. The Morgan fingerprint density at radius 3 is 2.38 bits per heavy atom. The summed E-state index contributed by atoms with van der Waals surface area (Å²) in [5.41, 5.74) is 0.732. The first-order valence-corrected chi connectivity index (χ1v) is 13.9. The molecule has 2 fully saturated rings. The van der Waals surface area contributed by atoms with Gasteiger partial charge in [-0.2, -0.15) is 0 Å². The Morgan fingerprint density at radius 2 is 1.73 bits per heavy atom. The quantitative estimate of drug-likeness (QED) is 0.405. The Bertz CT molecular complexity index is 1210. The number of unbranched alkanes of at least 4 members (excludes halogenated alkanes) is 1. The second kappa shape index (κ2) is 11.8. The maximum Gasteiger partial charge on any atom is 0.410 e. The number of nitrogens with one attached hydrogen (secondary N) is 1. The molecule has 1 unspecified atom stereocenters. The summed E-state index contributed by atoms with van der Waals surface area (Å²) in [6.07, 6.45) is 3.37. The van der Waals surface area contributed by atoms with E-state index in [1.165, 1.54) is 0 Å². The standard InChI is InChI=1S/C29H38N4O7/c1-29(2,3)40-28(39)32-16-14-19(15-17-32)31(4)23(35)11-6-5-8-18-9-7-10-20-24(18)27(38)33(26(20)37)21-12-13-22(34)30-25(21)36/h7,9-10,19,21H,5-6,8,11-17H2,1-4H3,(H,30,34,36). The smallest absolute Gasteiger partial charge is 0.410 e. The zero-order valence-corrected chi connectivity index (χ0v) is 23.7. The molecule has 0 aliphatic carbocycles. The number of likely N-dealkylation sites (tertiary alicyclic amines) is 1. The average molecular weight is 555 g/mol. The minimum atomic E-state index is -0.998. The Hall–Kier alpha value is -3.76. The van der Waals surface area contributed by atoms with E-state index in [1.54, 1.807) is 35.0 Å². The van der Waals surface area contributed by atoms with E-state index < -0.39 is 35.3 Å². The van der Waals surface area contributed by atoms with E-state index in [-0.39, 0.29) is 36.4 Å². The molecule has 3 aliphatic rings. The highest BCUT2D eigenvalue weighted by atomic mass is 16.6. The van der Waals surface area contributed by atoms with Crippen LogP contribution < -0.4 is 5.32 Å². The molecule has 2 saturated heterocycles. The van der Waals surface area contributed by atoms with Crippen LogP contribution in [0.2, 0.25) is 0 Å². The second-order valence-corrected chi connectivity index (χ2v) is 11.7. The fraction of sp³-hybridized carbons (Fsp3) is 0.586. The van der Waals surface area contributed by atoms with Crippen LogP contribution in [0.4, 0.5) is 4.79 Å². The van der Waals surface area contributed by atoms with Crippen LogP contribution in [0.15, 0.2) is 18.2 Å². The van der Waals surface area contributed by atoms with Crippen LogP contribution in [0.25, 0.3) is 0 Å². The van der Waals surface area contributed by atoms with Crippen molar-refractivity contribution in [1.82, 2.24) is 20.0 Å². The third-order valence-corrected chi connectivity index (χ3v) is 7.70. The highest BCUT2D eigenvalue weighted by molar-refractivity contribution is 6.24. The number of benzene rings is 1. The minimum absolute atomic E-state index is 0.0318. The summed E-state index contributed by atoms with van der Waals surface area (Å²) < 4.78 is 5.44. The molecule has 1 atom stereocenters. The molecular weight excluding hydrogens is 516 g/mol. The van der Waals surface area contributed by atoms with Crippen molar-refractivity contribution < 1.29 is 33.5 Å². The molecule has 0 saturated carbocycles. The van der Waals surface area contributed by atoms with Gasteiger partial charge in [0, 0.05) is 39.0 Å². The zero-order chi connectivity index (χ0) is 29.2. The van der Waals surface area contributed by atoms with Gasteiger partial charge >= 0.3 is 6.09 Å². The van der Waals surface area contributed by atoms with Crippen LogP contribution in [0.1, 0.15) is 92.0 Å². The number of piperidine rings is 2. The summed E-state index contributed by atoms with van der Waals surface area (Å²) in [4.78, 5) is 79.7. The van der Waals surface area contributed by atoms with E-state index in [2.05, 4.69) is 5.32 Å². The molecule has 4 rings (SSSR count). The van der Waals surface area contributed by atoms with Crippen LogP contribution in [-0.4, -0.2) is 88.2 Å². The van der Waals surface area contributed by atoms with Gasteiger partial charge in [0.15, 0.2) is 0 Å². The van der Waals surface area contributed by atoms with Gasteiger partial charge in [0.05, 0.1) is 11.1 Å². The number of rotatable bonds is 7. The lowest BCUT2D eigenvalue weighted by Gasteiger charge is -2.37. The normalized spacial score (nSPS) is 19.9. The van der Waals surface area contributed by atoms with Crippen LogP contribution >= 0.6 is 0 Å². The van der Waals surface area contributed by atoms with E-state index in [9.17, 15) is 28.8 Å². The highest BCUT2D eigenvalue weighted by Crippen LogP contribution is 2.31. The number of imide groups is 2. The molecule has 0 bridgehead atoms. The molecule has 11 nitrogen and oxygen atoms in total. The van der Waals surface area contributed by atoms with Crippen LogP contribution in [0.3, 0.4) is 0 Å². The Balaban J connectivity index is 1.27. The number of fused-ring (bicyclic) bond motifs is 1. The first-order chi connectivity index (χ1) is 18.9. The van der Waals surface area contributed by atoms with Crippen molar-refractivity contribution in [2.24, 2.45) is 0 Å². The molecule has 0 radical (unpaired) electrons. The topological polar surface area (TPSA) is 133 Å². The zero-order valence-electron chi connectivity index (χ0n) is 23.7. The molecular formula is C29H38N4O7. The molecule has 3 heterocycles. The van der Waals surface area contributed by atoms with Gasteiger partial charge in [0.1, 0.15) is 11.6 Å². The van der Waals surface area contributed by atoms with Crippen molar-refractivity contribution in [1.29, 1.82) is 0 Å². The van der Waals surface area contributed by atoms with Crippen LogP contribution in [-0.2, 0) is 25.5 Å². The molecule has 0 spiro atoms. The maximum absolute atomic E-state index is 13.2. The first kappa shape index (κ1) is 29.2. The molecule has 1 N–H and O–H groups in total. The number of aryl methyl sites for hydroxylation is 1. The van der Waals surface area contributed by atoms with Gasteiger partial charge in [-0.25, -0.2) is 4.79 Å². The largest absolute Gasteiger partial charge is 0.444 e. The molecule has 0 aromatic heterocycles. The molecule has 1 aromatic rings. The van der Waals surface area contributed by atoms with Crippen LogP contribution in [0.5, 0.6) is 0 Å². The molecule has 3 aliphatic heterocycles.